The van der Waals surface area contributed by atoms with Crippen molar-refractivity contribution in [3.8, 4) is 0 Å². The van der Waals surface area contributed by atoms with E-state index in [1.807, 2.05) is 6.20 Å². The first-order valence-corrected chi connectivity index (χ1v) is 7.67. The van der Waals surface area contributed by atoms with Crippen LogP contribution in [0.3, 0.4) is 0 Å². The van der Waals surface area contributed by atoms with E-state index in [9.17, 15) is 8.78 Å². The maximum Gasteiger partial charge on any atom is 0.162 e. The van der Waals surface area contributed by atoms with Gasteiger partial charge in [0.05, 0.1) is 6.61 Å². The van der Waals surface area contributed by atoms with E-state index >= 15 is 0 Å². The Kier molecular flexibility index (Phi) is 4.52. The monoisotopic (exact) mass is 306 g/mol. The summed E-state index contributed by atoms with van der Waals surface area (Å²) >= 11 is 0. The second-order valence-electron chi connectivity index (χ2n) is 5.75. The van der Waals surface area contributed by atoms with Crippen molar-refractivity contribution < 1.29 is 13.5 Å². The lowest BCUT2D eigenvalue weighted by atomic mass is 9.93. The highest BCUT2D eigenvalue weighted by atomic mass is 19.2. The van der Waals surface area contributed by atoms with Crippen LogP contribution in [-0.4, -0.2) is 23.3 Å². The molecule has 1 atom stereocenters. The molecule has 22 heavy (non-hydrogen) atoms. The van der Waals surface area contributed by atoms with Gasteiger partial charge in [-0.25, -0.2) is 13.8 Å². The topological polar surface area (TPSA) is 27.1 Å². The van der Waals surface area contributed by atoms with Gasteiger partial charge in [0, 0.05) is 44.3 Å². The standard InChI is InChI=1S/C17H20F2N2O/c1-22-9-8-13-10-20-16-7-2-4-12(11-21(13)16)14-5-3-6-15(18)17(14)19/h3,5-6,10,12H,2,4,7-9,11H2,1H3. The van der Waals surface area contributed by atoms with E-state index in [4.69, 9.17) is 4.74 Å². The van der Waals surface area contributed by atoms with Crippen molar-refractivity contribution >= 4 is 0 Å². The minimum absolute atomic E-state index is 0.0209. The maximum atomic E-state index is 14.1. The number of hydrogen-bond donors (Lipinski definition) is 0. The number of fused-ring (bicyclic) bond motifs is 1. The van der Waals surface area contributed by atoms with Crippen molar-refractivity contribution in [3.63, 3.8) is 0 Å². The fourth-order valence-corrected chi connectivity index (χ4v) is 3.19. The second kappa shape index (κ2) is 6.57. The number of methoxy groups -OCH3 is 1. The van der Waals surface area contributed by atoms with Crippen LogP contribution in [-0.2, 0) is 24.1 Å². The largest absolute Gasteiger partial charge is 0.384 e. The summed E-state index contributed by atoms with van der Waals surface area (Å²) in [5.41, 5.74) is 1.57. The molecule has 2 aromatic rings. The van der Waals surface area contributed by atoms with E-state index < -0.39 is 11.6 Å². The Labute approximate surface area is 128 Å². The summed E-state index contributed by atoms with van der Waals surface area (Å²) in [5.74, 6) is -0.473. The summed E-state index contributed by atoms with van der Waals surface area (Å²) in [7, 11) is 1.67. The van der Waals surface area contributed by atoms with Crippen LogP contribution < -0.4 is 0 Å². The summed E-state index contributed by atoms with van der Waals surface area (Å²) in [6.07, 6.45) is 5.30. The van der Waals surface area contributed by atoms with Gasteiger partial charge in [0.15, 0.2) is 11.6 Å². The summed E-state index contributed by atoms with van der Waals surface area (Å²) < 4.78 is 34.9. The molecule has 0 aliphatic carbocycles. The number of aromatic nitrogens is 2. The van der Waals surface area contributed by atoms with Gasteiger partial charge in [0.1, 0.15) is 5.82 Å². The minimum Gasteiger partial charge on any atom is -0.384 e. The van der Waals surface area contributed by atoms with Crippen LogP contribution >= 0.6 is 0 Å². The third-order valence-electron chi connectivity index (χ3n) is 4.36. The molecule has 0 spiro atoms. The molecule has 3 nitrogen and oxygen atoms in total. The molecule has 0 bridgehead atoms. The number of rotatable bonds is 4. The molecule has 118 valence electrons. The molecule has 0 saturated carbocycles. The van der Waals surface area contributed by atoms with Crippen LogP contribution in [0.15, 0.2) is 24.4 Å². The van der Waals surface area contributed by atoms with Crippen LogP contribution in [0.2, 0.25) is 0 Å². The van der Waals surface area contributed by atoms with Crippen molar-refractivity contribution in [1.29, 1.82) is 0 Å². The number of halogens is 2. The number of nitrogens with zero attached hydrogens (tertiary/aromatic N) is 2. The number of aryl methyl sites for hydroxylation is 1. The highest BCUT2D eigenvalue weighted by molar-refractivity contribution is 5.24. The van der Waals surface area contributed by atoms with E-state index in [1.165, 1.54) is 6.07 Å². The highest BCUT2D eigenvalue weighted by Gasteiger charge is 2.24. The van der Waals surface area contributed by atoms with Gasteiger partial charge in [-0.05, 0) is 24.5 Å². The van der Waals surface area contributed by atoms with Crippen LogP contribution in [0.25, 0.3) is 0 Å². The lowest BCUT2D eigenvalue weighted by Gasteiger charge is -2.18. The molecule has 0 fully saturated rings. The average Bonchev–Trinajstić information content (AvgIpc) is 2.76. The molecule has 0 amide bonds. The van der Waals surface area contributed by atoms with Crippen molar-refractivity contribution in [2.75, 3.05) is 13.7 Å². The number of hydrogen-bond acceptors (Lipinski definition) is 2. The van der Waals surface area contributed by atoms with Crippen molar-refractivity contribution in [1.82, 2.24) is 9.55 Å². The fourth-order valence-electron chi connectivity index (χ4n) is 3.19. The van der Waals surface area contributed by atoms with Gasteiger partial charge in [0.25, 0.3) is 0 Å². The van der Waals surface area contributed by atoms with Crippen molar-refractivity contribution in [2.45, 2.75) is 38.1 Å². The molecule has 5 heteroatoms. The molecule has 0 radical (unpaired) electrons. The first kappa shape index (κ1) is 15.2. The van der Waals surface area contributed by atoms with Crippen LogP contribution in [0.4, 0.5) is 8.78 Å². The first-order valence-electron chi connectivity index (χ1n) is 7.67. The molecule has 0 N–H and O–H groups in total. The van der Waals surface area contributed by atoms with Crippen molar-refractivity contribution in [3.05, 3.63) is 53.1 Å². The molecular formula is C17H20F2N2O. The van der Waals surface area contributed by atoms with Gasteiger partial charge in [-0.2, -0.15) is 0 Å². The molecule has 1 aliphatic rings. The third kappa shape index (κ3) is 2.90. The first-order chi connectivity index (χ1) is 10.7. The Balaban J connectivity index is 1.90. The Hall–Kier alpha value is -1.75. The molecule has 1 aromatic carbocycles. The Bertz CT molecular complexity index is 654. The van der Waals surface area contributed by atoms with Crippen LogP contribution in [0, 0.1) is 11.6 Å². The summed E-state index contributed by atoms with van der Waals surface area (Å²) in [6, 6.07) is 4.45. The summed E-state index contributed by atoms with van der Waals surface area (Å²) in [6.45, 7) is 1.28. The van der Waals surface area contributed by atoms with Gasteiger partial charge in [-0.1, -0.05) is 12.1 Å². The number of benzene rings is 1. The van der Waals surface area contributed by atoms with E-state index in [0.717, 1.165) is 37.2 Å². The fraction of sp³-hybridized carbons (Fsp3) is 0.471. The molecule has 3 rings (SSSR count). The van der Waals surface area contributed by atoms with Gasteiger partial charge in [-0.15, -0.1) is 0 Å². The minimum atomic E-state index is -0.771. The third-order valence-corrected chi connectivity index (χ3v) is 4.36. The number of imidazole rings is 1. The SMILES string of the molecule is COCCc1cnc2n1CC(c1cccc(F)c1F)CCC2. The zero-order valence-corrected chi connectivity index (χ0v) is 12.7. The Morgan fingerprint density at radius 1 is 1.36 bits per heavy atom. The maximum absolute atomic E-state index is 14.1. The van der Waals surface area contributed by atoms with Gasteiger partial charge >= 0.3 is 0 Å². The molecule has 0 saturated heterocycles. The zero-order valence-electron chi connectivity index (χ0n) is 12.7. The van der Waals surface area contributed by atoms with E-state index in [2.05, 4.69) is 9.55 Å². The Morgan fingerprint density at radius 2 is 2.23 bits per heavy atom. The summed E-state index contributed by atoms with van der Waals surface area (Å²) in [5, 5.41) is 0. The normalized spacial score (nSPS) is 18.0. The summed E-state index contributed by atoms with van der Waals surface area (Å²) in [4.78, 5) is 4.48. The van der Waals surface area contributed by atoms with E-state index in [0.29, 0.717) is 18.7 Å². The van der Waals surface area contributed by atoms with Crippen molar-refractivity contribution in [2.24, 2.45) is 0 Å². The smallest absolute Gasteiger partial charge is 0.162 e. The quantitative estimate of drug-likeness (QED) is 0.865. The average molecular weight is 306 g/mol. The zero-order chi connectivity index (χ0) is 15.5. The predicted octanol–water partition coefficient (Wildman–Crippen LogP) is 3.47. The lowest BCUT2D eigenvalue weighted by Crippen LogP contribution is -2.14. The molecule has 1 aromatic heterocycles. The van der Waals surface area contributed by atoms with Gasteiger partial charge in [-0.3, -0.25) is 0 Å². The number of ether oxygens (including phenoxy) is 1. The molecule has 1 unspecified atom stereocenters. The van der Waals surface area contributed by atoms with Gasteiger partial charge < -0.3 is 9.30 Å². The molecular weight excluding hydrogens is 286 g/mol. The Morgan fingerprint density at radius 3 is 3.05 bits per heavy atom. The van der Waals surface area contributed by atoms with Crippen LogP contribution in [0.5, 0.6) is 0 Å². The van der Waals surface area contributed by atoms with E-state index in [-0.39, 0.29) is 5.92 Å². The predicted molar refractivity (Wildman–Crippen MR) is 79.8 cm³/mol. The lowest BCUT2D eigenvalue weighted by molar-refractivity contribution is 0.200. The second-order valence-corrected chi connectivity index (χ2v) is 5.75. The molecule has 1 aliphatic heterocycles. The van der Waals surface area contributed by atoms with Crippen LogP contribution in [0.1, 0.15) is 35.8 Å². The van der Waals surface area contributed by atoms with Gasteiger partial charge in [0.2, 0.25) is 0 Å². The highest BCUT2D eigenvalue weighted by Crippen LogP contribution is 2.31. The van der Waals surface area contributed by atoms with E-state index in [1.54, 1.807) is 19.2 Å². The molecule has 2 heterocycles.